The van der Waals surface area contributed by atoms with Crippen LogP contribution in [0.1, 0.15) is 11.1 Å². The van der Waals surface area contributed by atoms with Crippen molar-refractivity contribution in [3.8, 4) is 5.75 Å². The zero-order valence-electron chi connectivity index (χ0n) is 16.1. The fourth-order valence-electron chi connectivity index (χ4n) is 2.76. The summed E-state index contributed by atoms with van der Waals surface area (Å²) >= 11 is 0. The highest BCUT2D eigenvalue weighted by Gasteiger charge is 2.30. The van der Waals surface area contributed by atoms with Gasteiger partial charge in [-0.2, -0.15) is 13.2 Å². The summed E-state index contributed by atoms with van der Waals surface area (Å²) in [6, 6.07) is 21.7. The lowest BCUT2D eigenvalue weighted by Gasteiger charge is -2.11. The van der Waals surface area contributed by atoms with Gasteiger partial charge in [-0.3, -0.25) is 4.79 Å². The molecule has 0 radical (unpaired) electrons. The molecule has 0 saturated heterocycles. The molecular formula is C23H21F3N2O2. The molecule has 0 aliphatic heterocycles. The van der Waals surface area contributed by atoms with Gasteiger partial charge in [0.2, 0.25) is 5.91 Å². The van der Waals surface area contributed by atoms with Crippen LogP contribution < -0.4 is 15.4 Å². The number of amides is 1. The van der Waals surface area contributed by atoms with Crippen LogP contribution >= 0.6 is 0 Å². The van der Waals surface area contributed by atoms with Gasteiger partial charge in [0.05, 0.1) is 18.7 Å². The minimum Gasteiger partial charge on any atom is -0.493 e. The Morgan fingerprint density at radius 2 is 1.60 bits per heavy atom. The maximum absolute atomic E-state index is 12.7. The Kier molecular flexibility index (Phi) is 6.95. The summed E-state index contributed by atoms with van der Waals surface area (Å²) in [7, 11) is 0. The van der Waals surface area contributed by atoms with E-state index in [4.69, 9.17) is 4.74 Å². The van der Waals surface area contributed by atoms with E-state index >= 15 is 0 Å². The molecule has 0 aliphatic carbocycles. The zero-order valence-corrected chi connectivity index (χ0v) is 16.1. The molecule has 0 heterocycles. The molecule has 7 heteroatoms. The Labute approximate surface area is 172 Å². The molecule has 156 valence electrons. The fourth-order valence-corrected chi connectivity index (χ4v) is 2.76. The third kappa shape index (κ3) is 6.55. The monoisotopic (exact) mass is 414 g/mol. The third-order valence-electron chi connectivity index (χ3n) is 4.28. The predicted octanol–water partition coefficient (Wildman–Crippen LogP) is 5.38. The van der Waals surface area contributed by atoms with Crippen LogP contribution in [-0.4, -0.2) is 19.1 Å². The average molecular weight is 414 g/mol. The number of ether oxygens (including phenoxy) is 1. The molecule has 4 nitrogen and oxygen atoms in total. The second-order valence-corrected chi connectivity index (χ2v) is 6.59. The van der Waals surface area contributed by atoms with Crippen molar-refractivity contribution in [1.29, 1.82) is 0 Å². The summed E-state index contributed by atoms with van der Waals surface area (Å²) in [4.78, 5) is 12.0. The van der Waals surface area contributed by atoms with Crippen molar-refractivity contribution in [3.05, 3.63) is 90.0 Å². The van der Waals surface area contributed by atoms with Gasteiger partial charge in [0, 0.05) is 17.8 Å². The van der Waals surface area contributed by atoms with Crippen molar-refractivity contribution < 1.29 is 22.7 Å². The summed E-state index contributed by atoms with van der Waals surface area (Å²) in [6.45, 7) is 0.473. The van der Waals surface area contributed by atoms with Crippen molar-refractivity contribution in [2.75, 3.05) is 23.8 Å². The minimum atomic E-state index is -4.45. The molecule has 0 bridgehead atoms. The summed E-state index contributed by atoms with van der Waals surface area (Å²) in [5.74, 6) is 0.266. The molecule has 3 aromatic rings. The number of alkyl halides is 3. The maximum atomic E-state index is 12.7. The lowest BCUT2D eigenvalue weighted by atomic mass is 10.2. The van der Waals surface area contributed by atoms with E-state index < -0.39 is 17.6 Å². The van der Waals surface area contributed by atoms with Gasteiger partial charge >= 0.3 is 6.18 Å². The topological polar surface area (TPSA) is 50.4 Å². The van der Waals surface area contributed by atoms with Crippen molar-refractivity contribution in [2.24, 2.45) is 0 Å². The summed E-state index contributed by atoms with van der Waals surface area (Å²) in [5.41, 5.74) is 1.18. The van der Waals surface area contributed by atoms with E-state index in [1.165, 1.54) is 17.7 Å². The fraction of sp³-hybridized carbons (Fsp3) is 0.174. The standard InChI is InChI=1S/C23H21F3N2O2/c24-23(25,26)18-7-4-8-20(15-18)28-22(29)16-27-19-9-11-21(12-10-19)30-14-13-17-5-2-1-3-6-17/h1-12,15,27H,13-14,16H2,(H,28,29). The number of carbonyl (C=O) groups is 1. The number of hydrogen-bond donors (Lipinski definition) is 2. The first kappa shape index (κ1) is 21.2. The average Bonchev–Trinajstić information content (AvgIpc) is 2.73. The molecule has 0 saturated carbocycles. The van der Waals surface area contributed by atoms with Crippen molar-refractivity contribution in [1.82, 2.24) is 0 Å². The highest BCUT2D eigenvalue weighted by molar-refractivity contribution is 5.93. The summed E-state index contributed by atoms with van der Waals surface area (Å²) in [5, 5.41) is 5.38. The minimum absolute atomic E-state index is 0.0789. The van der Waals surface area contributed by atoms with Gasteiger partial charge in [0.25, 0.3) is 0 Å². The molecule has 0 atom stereocenters. The van der Waals surface area contributed by atoms with Gasteiger partial charge in [0.1, 0.15) is 5.75 Å². The molecule has 2 N–H and O–H groups in total. The van der Waals surface area contributed by atoms with E-state index in [0.717, 1.165) is 18.6 Å². The van der Waals surface area contributed by atoms with Crippen LogP contribution in [0.3, 0.4) is 0 Å². The first-order chi connectivity index (χ1) is 14.4. The van der Waals surface area contributed by atoms with E-state index in [0.29, 0.717) is 18.0 Å². The number of hydrogen-bond acceptors (Lipinski definition) is 3. The molecule has 3 rings (SSSR count). The number of rotatable bonds is 8. The van der Waals surface area contributed by atoms with E-state index in [1.807, 2.05) is 30.3 Å². The van der Waals surface area contributed by atoms with Gasteiger partial charge < -0.3 is 15.4 Å². The number of benzene rings is 3. The van der Waals surface area contributed by atoms with Crippen LogP contribution in [0.4, 0.5) is 24.5 Å². The zero-order chi connectivity index (χ0) is 21.4. The second kappa shape index (κ2) is 9.82. The Hall–Kier alpha value is -3.48. The molecular weight excluding hydrogens is 393 g/mol. The molecule has 3 aromatic carbocycles. The molecule has 30 heavy (non-hydrogen) atoms. The maximum Gasteiger partial charge on any atom is 0.416 e. The van der Waals surface area contributed by atoms with E-state index in [1.54, 1.807) is 24.3 Å². The summed E-state index contributed by atoms with van der Waals surface area (Å²) < 4.78 is 43.9. The predicted molar refractivity (Wildman–Crippen MR) is 111 cm³/mol. The van der Waals surface area contributed by atoms with Crippen LogP contribution in [0.2, 0.25) is 0 Å². The van der Waals surface area contributed by atoms with Crippen molar-refractivity contribution in [2.45, 2.75) is 12.6 Å². The molecule has 0 aromatic heterocycles. The Morgan fingerprint density at radius 3 is 2.30 bits per heavy atom. The lowest BCUT2D eigenvalue weighted by Crippen LogP contribution is -2.22. The van der Waals surface area contributed by atoms with Crippen molar-refractivity contribution >= 4 is 17.3 Å². The van der Waals surface area contributed by atoms with Crippen LogP contribution in [0, 0.1) is 0 Å². The highest BCUT2D eigenvalue weighted by Crippen LogP contribution is 2.30. The van der Waals surface area contributed by atoms with Gasteiger partial charge in [-0.15, -0.1) is 0 Å². The van der Waals surface area contributed by atoms with Crippen LogP contribution in [0.5, 0.6) is 5.75 Å². The largest absolute Gasteiger partial charge is 0.493 e. The third-order valence-corrected chi connectivity index (χ3v) is 4.28. The van der Waals surface area contributed by atoms with Crippen LogP contribution in [0.15, 0.2) is 78.9 Å². The van der Waals surface area contributed by atoms with Crippen molar-refractivity contribution in [3.63, 3.8) is 0 Å². The van der Waals surface area contributed by atoms with E-state index in [9.17, 15) is 18.0 Å². The van der Waals surface area contributed by atoms with Gasteiger partial charge in [-0.05, 0) is 48.0 Å². The smallest absolute Gasteiger partial charge is 0.416 e. The van der Waals surface area contributed by atoms with E-state index in [-0.39, 0.29) is 12.2 Å². The molecule has 0 spiro atoms. The van der Waals surface area contributed by atoms with E-state index in [2.05, 4.69) is 10.6 Å². The molecule has 1 amide bonds. The highest BCUT2D eigenvalue weighted by atomic mass is 19.4. The number of anilines is 2. The first-order valence-corrected chi connectivity index (χ1v) is 9.38. The summed E-state index contributed by atoms with van der Waals surface area (Å²) in [6.07, 6.45) is -3.65. The Balaban J connectivity index is 1.44. The SMILES string of the molecule is O=C(CNc1ccc(OCCc2ccccc2)cc1)Nc1cccc(C(F)(F)F)c1. The Morgan fingerprint density at radius 1 is 0.867 bits per heavy atom. The molecule has 0 unspecified atom stereocenters. The van der Waals surface area contributed by atoms with Crippen LogP contribution in [0.25, 0.3) is 0 Å². The Bertz CT molecular complexity index is 958. The molecule has 0 aliphatic rings. The molecule has 0 fully saturated rings. The number of halogens is 3. The van der Waals surface area contributed by atoms with Gasteiger partial charge in [0.15, 0.2) is 0 Å². The number of carbonyl (C=O) groups excluding carboxylic acids is 1. The number of nitrogens with one attached hydrogen (secondary N) is 2. The van der Waals surface area contributed by atoms with Crippen LogP contribution in [-0.2, 0) is 17.4 Å². The second-order valence-electron chi connectivity index (χ2n) is 6.59. The van der Waals surface area contributed by atoms with Gasteiger partial charge in [-0.1, -0.05) is 36.4 Å². The van der Waals surface area contributed by atoms with Gasteiger partial charge in [-0.25, -0.2) is 0 Å². The lowest BCUT2D eigenvalue weighted by molar-refractivity contribution is -0.137. The quantitative estimate of drug-likeness (QED) is 0.521. The first-order valence-electron chi connectivity index (χ1n) is 9.38. The normalized spacial score (nSPS) is 11.0.